The van der Waals surface area contributed by atoms with E-state index in [0.717, 1.165) is 0 Å². The Bertz CT molecular complexity index is 1230. The monoisotopic (exact) mass is 428 g/mol. The van der Waals surface area contributed by atoms with Crippen LogP contribution in [0.2, 0.25) is 0 Å². The molecule has 0 unspecified atom stereocenters. The lowest BCUT2D eigenvalue weighted by Gasteiger charge is -2.37. The van der Waals surface area contributed by atoms with E-state index in [0.29, 0.717) is 22.3 Å². The van der Waals surface area contributed by atoms with Gasteiger partial charge in [-0.1, -0.05) is 54.6 Å². The Balaban J connectivity index is 2.17. The van der Waals surface area contributed by atoms with Gasteiger partial charge in [0.15, 0.2) is 0 Å². The quantitative estimate of drug-likeness (QED) is 0.297. The minimum absolute atomic E-state index is 0.0839. The SMILES string of the molecule is O=C(O)c1ccc(C(c2ccccc2)(c2ccc(O)cc2O)c2ccc(O)cc2O)cc1. The summed E-state index contributed by atoms with van der Waals surface area (Å²) in [6.45, 7) is 0. The van der Waals surface area contributed by atoms with Crippen LogP contribution in [-0.4, -0.2) is 31.5 Å². The Morgan fingerprint density at radius 1 is 0.594 bits per heavy atom. The predicted octanol–water partition coefficient (Wildman–Crippen LogP) is 4.59. The fourth-order valence-electron chi connectivity index (χ4n) is 4.16. The topological polar surface area (TPSA) is 118 Å². The van der Waals surface area contributed by atoms with E-state index in [1.807, 2.05) is 30.3 Å². The van der Waals surface area contributed by atoms with Gasteiger partial charge in [0.2, 0.25) is 0 Å². The summed E-state index contributed by atoms with van der Waals surface area (Å²) in [5, 5.41) is 51.0. The first-order valence-corrected chi connectivity index (χ1v) is 9.78. The molecule has 4 aromatic rings. The van der Waals surface area contributed by atoms with E-state index in [4.69, 9.17) is 0 Å². The molecule has 0 heterocycles. The van der Waals surface area contributed by atoms with Crippen molar-refractivity contribution in [1.82, 2.24) is 0 Å². The molecule has 0 aliphatic heterocycles. The standard InChI is InChI=1S/C26H20O6/c27-19-10-12-21(23(29)14-19)26(17-4-2-1-3-5-17,22-13-11-20(28)15-24(22)30)18-8-6-16(7-9-18)25(31)32/h1-15,27-30H,(H,31,32). The van der Waals surface area contributed by atoms with E-state index < -0.39 is 11.4 Å². The molecule has 4 rings (SSSR count). The molecule has 32 heavy (non-hydrogen) atoms. The molecule has 0 amide bonds. The summed E-state index contributed by atoms with van der Waals surface area (Å²) in [5.41, 5.74) is 0.728. The third-order valence-corrected chi connectivity index (χ3v) is 5.54. The number of benzene rings is 4. The first-order chi connectivity index (χ1) is 15.3. The van der Waals surface area contributed by atoms with Crippen LogP contribution in [0.15, 0.2) is 91.0 Å². The summed E-state index contributed by atoms with van der Waals surface area (Å²) < 4.78 is 0. The van der Waals surface area contributed by atoms with E-state index in [2.05, 4.69) is 0 Å². The summed E-state index contributed by atoms with van der Waals surface area (Å²) in [5.74, 6) is -1.79. The summed E-state index contributed by atoms with van der Waals surface area (Å²) >= 11 is 0. The smallest absolute Gasteiger partial charge is 0.335 e. The Hall–Kier alpha value is -4.45. The van der Waals surface area contributed by atoms with Gasteiger partial charge in [0.1, 0.15) is 23.0 Å². The third kappa shape index (κ3) is 3.37. The van der Waals surface area contributed by atoms with Crippen LogP contribution in [0.1, 0.15) is 32.6 Å². The highest BCUT2D eigenvalue weighted by molar-refractivity contribution is 5.87. The summed E-state index contributed by atoms with van der Waals surface area (Å²) in [6.07, 6.45) is 0. The van der Waals surface area contributed by atoms with Crippen LogP contribution in [0.25, 0.3) is 0 Å². The van der Waals surface area contributed by atoms with Crippen molar-refractivity contribution in [3.63, 3.8) is 0 Å². The number of carbonyl (C=O) groups is 1. The van der Waals surface area contributed by atoms with Gasteiger partial charge < -0.3 is 25.5 Å². The van der Waals surface area contributed by atoms with Gasteiger partial charge in [-0.3, -0.25) is 0 Å². The first kappa shape index (κ1) is 20.8. The highest BCUT2D eigenvalue weighted by Crippen LogP contribution is 2.51. The molecule has 0 bridgehead atoms. The van der Waals surface area contributed by atoms with Crippen molar-refractivity contribution in [3.05, 3.63) is 119 Å². The summed E-state index contributed by atoms with van der Waals surface area (Å²) in [6, 6.07) is 23.6. The molecular weight excluding hydrogens is 408 g/mol. The number of phenols is 4. The number of phenolic OH excluding ortho intramolecular Hbond substituents is 4. The number of rotatable bonds is 5. The minimum Gasteiger partial charge on any atom is -0.508 e. The largest absolute Gasteiger partial charge is 0.508 e. The predicted molar refractivity (Wildman–Crippen MR) is 118 cm³/mol. The van der Waals surface area contributed by atoms with Crippen molar-refractivity contribution in [2.45, 2.75) is 5.41 Å². The molecule has 5 N–H and O–H groups in total. The second-order valence-corrected chi connectivity index (χ2v) is 7.40. The van der Waals surface area contributed by atoms with E-state index >= 15 is 0 Å². The lowest BCUT2D eigenvalue weighted by atomic mass is 9.64. The highest BCUT2D eigenvalue weighted by atomic mass is 16.4. The van der Waals surface area contributed by atoms with Gasteiger partial charge in [-0.15, -0.1) is 0 Å². The summed E-state index contributed by atoms with van der Waals surface area (Å²) in [7, 11) is 0. The van der Waals surface area contributed by atoms with E-state index in [-0.39, 0.29) is 28.6 Å². The van der Waals surface area contributed by atoms with Crippen molar-refractivity contribution in [3.8, 4) is 23.0 Å². The lowest BCUT2D eigenvalue weighted by Crippen LogP contribution is -2.31. The molecule has 0 aliphatic rings. The molecule has 0 saturated carbocycles. The van der Waals surface area contributed by atoms with Crippen molar-refractivity contribution < 1.29 is 30.3 Å². The number of aromatic carboxylic acids is 1. The number of carboxylic acid groups (broad SMARTS) is 1. The van der Waals surface area contributed by atoms with Crippen LogP contribution in [0.4, 0.5) is 0 Å². The highest BCUT2D eigenvalue weighted by Gasteiger charge is 2.42. The maximum absolute atomic E-state index is 11.4. The average Bonchev–Trinajstić information content (AvgIpc) is 2.77. The first-order valence-electron chi connectivity index (χ1n) is 9.78. The molecular formula is C26H20O6. The van der Waals surface area contributed by atoms with Gasteiger partial charge in [0, 0.05) is 23.3 Å². The van der Waals surface area contributed by atoms with Crippen LogP contribution in [0, 0.1) is 0 Å². The normalized spacial score (nSPS) is 11.2. The minimum atomic E-state index is -1.30. The number of aromatic hydroxyl groups is 4. The van der Waals surface area contributed by atoms with Gasteiger partial charge >= 0.3 is 5.97 Å². The van der Waals surface area contributed by atoms with Crippen molar-refractivity contribution in [2.24, 2.45) is 0 Å². The van der Waals surface area contributed by atoms with Gasteiger partial charge in [-0.05, 0) is 35.4 Å². The Morgan fingerprint density at radius 3 is 1.50 bits per heavy atom. The van der Waals surface area contributed by atoms with Crippen LogP contribution in [-0.2, 0) is 5.41 Å². The molecule has 6 heteroatoms. The van der Waals surface area contributed by atoms with Crippen LogP contribution in [0.5, 0.6) is 23.0 Å². The summed E-state index contributed by atoms with van der Waals surface area (Å²) in [4.78, 5) is 11.4. The Kier molecular flexibility index (Phi) is 5.20. The number of hydrogen-bond donors (Lipinski definition) is 5. The van der Waals surface area contributed by atoms with E-state index in [9.17, 15) is 30.3 Å². The zero-order valence-corrected chi connectivity index (χ0v) is 16.8. The third-order valence-electron chi connectivity index (χ3n) is 5.54. The fourth-order valence-corrected chi connectivity index (χ4v) is 4.16. The van der Waals surface area contributed by atoms with E-state index in [1.165, 1.54) is 36.4 Å². The van der Waals surface area contributed by atoms with Crippen LogP contribution >= 0.6 is 0 Å². The second kappa shape index (κ2) is 8.00. The number of hydrogen-bond acceptors (Lipinski definition) is 5. The molecule has 0 aromatic heterocycles. The fraction of sp³-hybridized carbons (Fsp3) is 0.0385. The molecule has 0 spiro atoms. The molecule has 0 atom stereocenters. The van der Waals surface area contributed by atoms with Crippen LogP contribution in [0.3, 0.4) is 0 Å². The van der Waals surface area contributed by atoms with Crippen LogP contribution < -0.4 is 0 Å². The van der Waals surface area contributed by atoms with Gasteiger partial charge in [-0.2, -0.15) is 0 Å². The Morgan fingerprint density at radius 2 is 1.06 bits per heavy atom. The number of carboxylic acids is 1. The average molecular weight is 428 g/mol. The van der Waals surface area contributed by atoms with Crippen molar-refractivity contribution in [1.29, 1.82) is 0 Å². The van der Waals surface area contributed by atoms with E-state index in [1.54, 1.807) is 24.3 Å². The lowest BCUT2D eigenvalue weighted by molar-refractivity contribution is 0.0697. The van der Waals surface area contributed by atoms with Crippen molar-refractivity contribution in [2.75, 3.05) is 0 Å². The van der Waals surface area contributed by atoms with Crippen molar-refractivity contribution >= 4 is 5.97 Å². The molecule has 160 valence electrons. The zero-order valence-electron chi connectivity index (χ0n) is 16.8. The second-order valence-electron chi connectivity index (χ2n) is 7.40. The Labute approximate surface area is 183 Å². The maximum Gasteiger partial charge on any atom is 0.335 e. The maximum atomic E-state index is 11.4. The zero-order chi connectivity index (χ0) is 22.9. The molecule has 4 aromatic carbocycles. The molecule has 0 saturated heterocycles. The molecule has 6 nitrogen and oxygen atoms in total. The van der Waals surface area contributed by atoms with Gasteiger partial charge in [0.25, 0.3) is 0 Å². The molecule has 0 fully saturated rings. The van der Waals surface area contributed by atoms with Gasteiger partial charge in [-0.25, -0.2) is 4.79 Å². The molecule has 0 aliphatic carbocycles. The molecule has 0 radical (unpaired) electrons. The van der Waals surface area contributed by atoms with Gasteiger partial charge in [0.05, 0.1) is 11.0 Å².